The summed E-state index contributed by atoms with van der Waals surface area (Å²) in [6, 6.07) is 0. The molecule has 0 radical (unpaired) electrons. The van der Waals surface area contributed by atoms with Gasteiger partial charge in [0.05, 0.1) is 23.1 Å². The van der Waals surface area contributed by atoms with Crippen LogP contribution in [0.2, 0.25) is 0 Å². The maximum Gasteiger partial charge on any atom is 0.437 e. The Morgan fingerprint density at radius 1 is 1.47 bits per heavy atom. The zero-order chi connectivity index (χ0) is 14.2. The first kappa shape index (κ1) is 13.1. The molecule has 0 saturated carbocycles. The molecule has 0 aliphatic rings. The van der Waals surface area contributed by atoms with Gasteiger partial charge < -0.3 is 5.32 Å². The van der Waals surface area contributed by atoms with Gasteiger partial charge in [0, 0.05) is 13.2 Å². The minimum absolute atomic E-state index is 0.129. The lowest BCUT2D eigenvalue weighted by atomic mass is 10.2. The zero-order valence-corrected chi connectivity index (χ0v) is 10.0. The van der Waals surface area contributed by atoms with E-state index >= 15 is 0 Å². The molecule has 0 aromatic carbocycles. The van der Waals surface area contributed by atoms with Gasteiger partial charge in [0.2, 0.25) is 0 Å². The van der Waals surface area contributed by atoms with Crippen molar-refractivity contribution in [2.24, 2.45) is 7.05 Å². The number of carbonyl (C=O) groups excluding carboxylic acids is 1. The third-order valence-electron chi connectivity index (χ3n) is 2.42. The fourth-order valence-electron chi connectivity index (χ4n) is 1.51. The number of amides is 1. The van der Waals surface area contributed by atoms with Crippen molar-refractivity contribution >= 4 is 11.6 Å². The molecule has 0 spiro atoms. The Hall–Kier alpha value is -2.32. The van der Waals surface area contributed by atoms with Crippen molar-refractivity contribution in [3.63, 3.8) is 0 Å². The van der Waals surface area contributed by atoms with Gasteiger partial charge in [0.15, 0.2) is 5.69 Å². The Balaban J connectivity index is 2.29. The maximum absolute atomic E-state index is 12.7. The quantitative estimate of drug-likeness (QED) is 0.874. The number of carbonyl (C=O) groups is 1. The topological polar surface area (TPSA) is 75.6 Å². The van der Waals surface area contributed by atoms with Gasteiger partial charge in [-0.2, -0.15) is 23.4 Å². The summed E-state index contributed by atoms with van der Waals surface area (Å²) < 4.78 is 39.4. The molecule has 0 bridgehead atoms. The van der Waals surface area contributed by atoms with E-state index in [4.69, 9.17) is 0 Å². The summed E-state index contributed by atoms with van der Waals surface area (Å²) in [6.07, 6.45) is -1.97. The SMILES string of the molecule is Cc1[nH]nc(C(F)(F)F)c1NC(=O)c1cnn(C)c1. The number of aromatic amines is 1. The van der Waals surface area contributed by atoms with Crippen LogP contribution >= 0.6 is 0 Å². The van der Waals surface area contributed by atoms with Gasteiger partial charge in [-0.1, -0.05) is 0 Å². The van der Waals surface area contributed by atoms with Crippen LogP contribution in [0.5, 0.6) is 0 Å². The van der Waals surface area contributed by atoms with Crippen molar-refractivity contribution in [2.75, 3.05) is 5.32 Å². The number of H-pyrrole nitrogens is 1. The molecular weight excluding hydrogens is 263 g/mol. The lowest BCUT2D eigenvalue weighted by molar-refractivity contribution is -0.140. The smallest absolute Gasteiger partial charge is 0.318 e. The van der Waals surface area contributed by atoms with E-state index in [9.17, 15) is 18.0 Å². The van der Waals surface area contributed by atoms with Crippen LogP contribution in [-0.2, 0) is 13.2 Å². The van der Waals surface area contributed by atoms with E-state index in [2.05, 4.69) is 20.6 Å². The zero-order valence-electron chi connectivity index (χ0n) is 10.0. The third-order valence-corrected chi connectivity index (χ3v) is 2.42. The van der Waals surface area contributed by atoms with Crippen LogP contribution in [0.3, 0.4) is 0 Å². The van der Waals surface area contributed by atoms with Crippen LogP contribution in [0.25, 0.3) is 0 Å². The van der Waals surface area contributed by atoms with Gasteiger partial charge in [0.25, 0.3) is 5.91 Å². The molecule has 0 aliphatic carbocycles. The predicted octanol–water partition coefficient (Wildman–Crippen LogP) is 1.72. The molecule has 0 aliphatic heterocycles. The molecule has 0 saturated heterocycles. The number of aromatic nitrogens is 4. The molecule has 0 unspecified atom stereocenters. The van der Waals surface area contributed by atoms with E-state index < -0.39 is 17.8 Å². The summed E-state index contributed by atoms with van der Waals surface area (Å²) in [5, 5.41) is 11.3. The number of halogens is 3. The van der Waals surface area contributed by atoms with Gasteiger partial charge in [-0.05, 0) is 6.92 Å². The average molecular weight is 273 g/mol. The highest BCUT2D eigenvalue weighted by atomic mass is 19.4. The standard InChI is InChI=1S/C10H10F3N5O/c1-5-7(8(17-16-5)10(11,12)13)15-9(19)6-3-14-18(2)4-6/h3-4H,1-2H3,(H,15,19)(H,16,17). The Bertz CT molecular complexity index is 613. The number of nitrogens with one attached hydrogen (secondary N) is 2. The Morgan fingerprint density at radius 2 is 2.16 bits per heavy atom. The van der Waals surface area contributed by atoms with Gasteiger partial charge >= 0.3 is 6.18 Å². The number of nitrogens with zero attached hydrogens (tertiary/aromatic N) is 3. The van der Waals surface area contributed by atoms with Crippen molar-refractivity contribution < 1.29 is 18.0 Å². The van der Waals surface area contributed by atoms with Crippen molar-refractivity contribution in [2.45, 2.75) is 13.1 Å². The Labute approximate surface area is 105 Å². The number of anilines is 1. The monoisotopic (exact) mass is 273 g/mol. The highest BCUT2D eigenvalue weighted by Crippen LogP contribution is 2.34. The van der Waals surface area contributed by atoms with Crippen molar-refractivity contribution in [1.29, 1.82) is 0 Å². The molecule has 102 valence electrons. The molecule has 19 heavy (non-hydrogen) atoms. The maximum atomic E-state index is 12.7. The molecule has 2 rings (SSSR count). The van der Waals surface area contributed by atoms with E-state index in [1.807, 2.05) is 0 Å². The minimum Gasteiger partial charge on any atom is -0.318 e. The number of hydrogen-bond acceptors (Lipinski definition) is 3. The summed E-state index contributed by atoms with van der Waals surface area (Å²) in [5.41, 5.74) is -1.23. The second kappa shape index (κ2) is 4.41. The van der Waals surface area contributed by atoms with E-state index in [1.165, 1.54) is 24.0 Å². The molecule has 6 nitrogen and oxygen atoms in total. The van der Waals surface area contributed by atoms with E-state index in [-0.39, 0.29) is 16.9 Å². The van der Waals surface area contributed by atoms with Crippen molar-refractivity contribution in [3.05, 3.63) is 29.3 Å². The molecule has 2 aromatic heterocycles. The predicted molar refractivity (Wildman–Crippen MR) is 59.5 cm³/mol. The Morgan fingerprint density at radius 3 is 2.68 bits per heavy atom. The van der Waals surface area contributed by atoms with E-state index in [0.717, 1.165) is 0 Å². The van der Waals surface area contributed by atoms with Crippen LogP contribution < -0.4 is 5.32 Å². The lowest BCUT2D eigenvalue weighted by Crippen LogP contribution is -2.16. The Kier molecular flexibility index (Phi) is 3.05. The lowest BCUT2D eigenvalue weighted by Gasteiger charge is -2.07. The molecule has 9 heteroatoms. The molecule has 1 amide bonds. The van der Waals surface area contributed by atoms with Gasteiger partial charge in [-0.25, -0.2) is 0 Å². The third kappa shape index (κ3) is 2.59. The fraction of sp³-hybridized carbons (Fsp3) is 0.300. The first-order chi connectivity index (χ1) is 8.79. The number of alkyl halides is 3. The normalized spacial score (nSPS) is 11.6. The molecule has 2 N–H and O–H groups in total. The largest absolute Gasteiger partial charge is 0.437 e. The summed E-state index contributed by atoms with van der Waals surface area (Å²) in [7, 11) is 1.60. The van der Waals surface area contributed by atoms with Crippen LogP contribution in [0.15, 0.2) is 12.4 Å². The van der Waals surface area contributed by atoms with Gasteiger partial charge in [-0.3, -0.25) is 14.6 Å². The van der Waals surface area contributed by atoms with E-state index in [0.29, 0.717) is 0 Å². The summed E-state index contributed by atoms with van der Waals surface area (Å²) in [4.78, 5) is 11.8. The van der Waals surface area contributed by atoms with E-state index in [1.54, 1.807) is 7.05 Å². The number of aryl methyl sites for hydroxylation is 2. The number of rotatable bonds is 2. The molecule has 2 heterocycles. The van der Waals surface area contributed by atoms with Crippen LogP contribution in [-0.4, -0.2) is 25.9 Å². The van der Waals surface area contributed by atoms with Crippen LogP contribution in [0.1, 0.15) is 21.7 Å². The van der Waals surface area contributed by atoms with Crippen molar-refractivity contribution in [1.82, 2.24) is 20.0 Å². The molecule has 2 aromatic rings. The summed E-state index contributed by atoms with van der Waals surface area (Å²) in [6.45, 7) is 1.39. The van der Waals surface area contributed by atoms with Crippen LogP contribution in [0, 0.1) is 6.92 Å². The number of hydrogen-bond donors (Lipinski definition) is 2. The summed E-state index contributed by atoms with van der Waals surface area (Å²) >= 11 is 0. The first-order valence-corrected chi connectivity index (χ1v) is 5.21. The van der Waals surface area contributed by atoms with Gasteiger partial charge in [0.1, 0.15) is 0 Å². The first-order valence-electron chi connectivity index (χ1n) is 5.21. The minimum atomic E-state index is -4.64. The van der Waals surface area contributed by atoms with Gasteiger partial charge in [-0.15, -0.1) is 0 Å². The summed E-state index contributed by atoms with van der Waals surface area (Å²) in [5.74, 6) is -0.678. The highest BCUT2D eigenvalue weighted by molar-refractivity contribution is 6.04. The molecular formula is C10H10F3N5O. The second-order valence-electron chi connectivity index (χ2n) is 3.93. The molecule has 0 fully saturated rings. The molecule has 0 atom stereocenters. The highest BCUT2D eigenvalue weighted by Gasteiger charge is 2.38. The van der Waals surface area contributed by atoms with Crippen molar-refractivity contribution in [3.8, 4) is 0 Å². The fourth-order valence-corrected chi connectivity index (χ4v) is 1.51. The second-order valence-corrected chi connectivity index (χ2v) is 3.93. The van der Waals surface area contributed by atoms with Crippen LogP contribution in [0.4, 0.5) is 18.9 Å². The average Bonchev–Trinajstić information content (AvgIpc) is 2.85.